The van der Waals surface area contributed by atoms with Crippen LogP contribution in [0.15, 0.2) is 18.2 Å². The van der Waals surface area contributed by atoms with Crippen molar-refractivity contribution in [1.82, 2.24) is 10.6 Å². The monoisotopic (exact) mass is 224 g/mol. The molecule has 0 aliphatic rings. The van der Waals surface area contributed by atoms with E-state index in [0.29, 0.717) is 19.6 Å². The van der Waals surface area contributed by atoms with Crippen molar-refractivity contribution in [1.29, 1.82) is 0 Å². The molecule has 0 bridgehead atoms. The third-order valence-electron chi connectivity index (χ3n) is 2.04. The van der Waals surface area contributed by atoms with Gasteiger partial charge in [-0.1, -0.05) is 6.07 Å². The van der Waals surface area contributed by atoms with Gasteiger partial charge in [-0.3, -0.25) is 4.79 Å². The van der Waals surface area contributed by atoms with E-state index in [1.165, 1.54) is 19.1 Å². The maximum absolute atomic E-state index is 10.6. The highest BCUT2D eigenvalue weighted by Crippen LogP contribution is 2.24. The van der Waals surface area contributed by atoms with Gasteiger partial charge in [0.25, 0.3) is 0 Å². The first-order valence-corrected chi connectivity index (χ1v) is 5.05. The molecular formula is C11H16N2O3. The summed E-state index contributed by atoms with van der Waals surface area (Å²) in [6.45, 7) is 3.27. The SMILES string of the molecule is CC(=O)NCCNCc1ccc(O)c(O)c1. The highest BCUT2D eigenvalue weighted by atomic mass is 16.3. The minimum Gasteiger partial charge on any atom is -0.504 e. The minimum atomic E-state index is -0.124. The van der Waals surface area contributed by atoms with Gasteiger partial charge in [0, 0.05) is 26.6 Å². The fourth-order valence-corrected chi connectivity index (χ4v) is 1.24. The molecule has 0 aliphatic heterocycles. The normalized spacial score (nSPS) is 10.1. The van der Waals surface area contributed by atoms with Crippen LogP contribution in [0, 0.1) is 0 Å². The smallest absolute Gasteiger partial charge is 0.216 e. The van der Waals surface area contributed by atoms with E-state index >= 15 is 0 Å². The molecule has 0 aromatic heterocycles. The van der Waals surface area contributed by atoms with Crippen molar-refractivity contribution < 1.29 is 15.0 Å². The predicted octanol–water partition coefficient (Wildman–Crippen LogP) is 0.323. The zero-order valence-corrected chi connectivity index (χ0v) is 9.16. The summed E-state index contributed by atoms with van der Waals surface area (Å²) < 4.78 is 0. The molecule has 0 aliphatic carbocycles. The Morgan fingerprint density at radius 3 is 2.62 bits per heavy atom. The molecule has 0 atom stereocenters. The van der Waals surface area contributed by atoms with Crippen LogP contribution in [0.25, 0.3) is 0 Å². The Kier molecular flexibility index (Phi) is 4.60. The van der Waals surface area contributed by atoms with Gasteiger partial charge in [-0.05, 0) is 17.7 Å². The van der Waals surface area contributed by atoms with E-state index in [-0.39, 0.29) is 17.4 Å². The molecule has 0 heterocycles. The number of benzene rings is 1. The summed E-state index contributed by atoms with van der Waals surface area (Å²) in [7, 11) is 0. The fourth-order valence-electron chi connectivity index (χ4n) is 1.24. The lowest BCUT2D eigenvalue weighted by atomic mass is 10.2. The molecule has 0 unspecified atom stereocenters. The molecule has 4 N–H and O–H groups in total. The fraction of sp³-hybridized carbons (Fsp3) is 0.364. The van der Waals surface area contributed by atoms with Crippen molar-refractivity contribution in [3.05, 3.63) is 23.8 Å². The van der Waals surface area contributed by atoms with Gasteiger partial charge in [0.05, 0.1) is 0 Å². The summed E-state index contributed by atoms with van der Waals surface area (Å²) in [5.41, 5.74) is 0.873. The quantitative estimate of drug-likeness (QED) is 0.429. The minimum absolute atomic E-state index is 0.0518. The zero-order valence-electron chi connectivity index (χ0n) is 9.16. The maximum Gasteiger partial charge on any atom is 0.216 e. The Hall–Kier alpha value is -1.75. The van der Waals surface area contributed by atoms with Crippen LogP contribution >= 0.6 is 0 Å². The highest BCUT2D eigenvalue weighted by Gasteiger charge is 1.99. The Morgan fingerprint density at radius 2 is 2.00 bits per heavy atom. The van der Waals surface area contributed by atoms with Crippen molar-refractivity contribution in [3.8, 4) is 11.5 Å². The summed E-state index contributed by atoms with van der Waals surface area (Å²) in [4.78, 5) is 10.6. The second kappa shape index (κ2) is 5.97. The number of phenolic OH excluding ortho intramolecular Hbond substituents is 2. The topological polar surface area (TPSA) is 81.6 Å². The third kappa shape index (κ3) is 4.18. The molecular weight excluding hydrogens is 208 g/mol. The third-order valence-corrected chi connectivity index (χ3v) is 2.04. The molecule has 0 radical (unpaired) electrons. The van der Waals surface area contributed by atoms with Gasteiger partial charge in [0.15, 0.2) is 11.5 Å². The second-order valence-electron chi connectivity index (χ2n) is 3.48. The van der Waals surface area contributed by atoms with E-state index < -0.39 is 0 Å². The van der Waals surface area contributed by atoms with Crippen LogP contribution in [0.2, 0.25) is 0 Å². The van der Waals surface area contributed by atoms with Crippen LogP contribution in [0.4, 0.5) is 0 Å². The Bertz CT molecular complexity index is 366. The van der Waals surface area contributed by atoms with Crippen LogP contribution < -0.4 is 10.6 Å². The van der Waals surface area contributed by atoms with Gasteiger partial charge in [-0.2, -0.15) is 0 Å². The van der Waals surface area contributed by atoms with Gasteiger partial charge < -0.3 is 20.8 Å². The summed E-state index contributed by atoms with van der Waals surface area (Å²) in [6.07, 6.45) is 0. The number of rotatable bonds is 5. The summed E-state index contributed by atoms with van der Waals surface area (Å²) >= 11 is 0. The zero-order chi connectivity index (χ0) is 12.0. The van der Waals surface area contributed by atoms with Crippen LogP contribution in [-0.4, -0.2) is 29.2 Å². The van der Waals surface area contributed by atoms with E-state index in [4.69, 9.17) is 5.11 Å². The number of hydrogen-bond donors (Lipinski definition) is 4. The largest absolute Gasteiger partial charge is 0.504 e. The van der Waals surface area contributed by atoms with Crippen LogP contribution in [0.3, 0.4) is 0 Å². The first kappa shape index (κ1) is 12.3. The average Bonchev–Trinajstić information content (AvgIpc) is 2.22. The Morgan fingerprint density at radius 1 is 1.25 bits per heavy atom. The lowest BCUT2D eigenvalue weighted by Crippen LogP contribution is -2.29. The van der Waals surface area contributed by atoms with Crippen molar-refractivity contribution in [2.45, 2.75) is 13.5 Å². The van der Waals surface area contributed by atoms with Crippen molar-refractivity contribution in [3.63, 3.8) is 0 Å². The first-order chi connectivity index (χ1) is 7.59. The van der Waals surface area contributed by atoms with Gasteiger partial charge in [0.1, 0.15) is 0 Å². The molecule has 5 heteroatoms. The molecule has 0 spiro atoms. The van der Waals surface area contributed by atoms with Crippen LogP contribution in [-0.2, 0) is 11.3 Å². The molecule has 1 amide bonds. The second-order valence-corrected chi connectivity index (χ2v) is 3.48. The molecule has 1 aromatic carbocycles. The summed E-state index contributed by atoms with van der Waals surface area (Å²) in [5, 5.41) is 24.1. The summed E-state index contributed by atoms with van der Waals surface area (Å²) in [6, 6.07) is 4.67. The number of carbonyl (C=O) groups is 1. The van der Waals surface area contributed by atoms with Crippen molar-refractivity contribution in [2.24, 2.45) is 0 Å². The van der Waals surface area contributed by atoms with Crippen molar-refractivity contribution >= 4 is 5.91 Å². The number of aromatic hydroxyl groups is 2. The molecule has 1 rings (SSSR count). The van der Waals surface area contributed by atoms with E-state index in [2.05, 4.69) is 10.6 Å². The van der Waals surface area contributed by atoms with Crippen molar-refractivity contribution in [2.75, 3.05) is 13.1 Å². The molecule has 16 heavy (non-hydrogen) atoms. The predicted molar refractivity (Wildman–Crippen MR) is 60.2 cm³/mol. The molecule has 0 fully saturated rings. The van der Waals surface area contributed by atoms with E-state index in [0.717, 1.165) is 5.56 Å². The van der Waals surface area contributed by atoms with E-state index in [9.17, 15) is 9.90 Å². The van der Waals surface area contributed by atoms with Gasteiger partial charge in [-0.25, -0.2) is 0 Å². The Balaban J connectivity index is 2.27. The number of phenols is 2. The maximum atomic E-state index is 10.6. The number of carbonyl (C=O) groups excluding carboxylic acids is 1. The number of amides is 1. The van der Waals surface area contributed by atoms with Gasteiger partial charge in [0.2, 0.25) is 5.91 Å². The molecule has 0 saturated heterocycles. The van der Waals surface area contributed by atoms with E-state index in [1.807, 2.05) is 0 Å². The van der Waals surface area contributed by atoms with Gasteiger partial charge >= 0.3 is 0 Å². The lowest BCUT2D eigenvalue weighted by Gasteiger charge is -2.06. The molecule has 5 nitrogen and oxygen atoms in total. The number of hydrogen-bond acceptors (Lipinski definition) is 4. The number of nitrogens with one attached hydrogen (secondary N) is 2. The Labute approximate surface area is 94.1 Å². The van der Waals surface area contributed by atoms with E-state index in [1.54, 1.807) is 6.07 Å². The van der Waals surface area contributed by atoms with Crippen LogP contribution in [0.1, 0.15) is 12.5 Å². The standard InChI is InChI=1S/C11H16N2O3/c1-8(14)13-5-4-12-7-9-2-3-10(15)11(16)6-9/h2-3,6,12,15-16H,4-5,7H2,1H3,(H,13,14). The first-order valence-electron chi connectivity index (χ1n) is 5.05. The van der Waals surface area contributed by atoms with Gasteiger partial charge in [-0.15, -0.1) is 0 Å². The molecule has 0 saturated carbocycles. The molecule has 1 aromatic rings. The molecule has 88 valence electrons. The van der Waals surface area contributed by atoms with Crippen LogP contribution in [0.5, 0.6) is 11.5 Å². The summed E-state index contributed by atoms with van der Waals surface area (Å²) in [5.74, 6) is -0.299. The lowest BCUT2D eigenvalue weighted by molar-refractivity contribution is -0.118. The average molecular weight is 224 g/mol. The highest BCUT2D eigenvalue weighted by molar-refractivity contribution is 5.72.